The summed E-state index contributed by atoms with van der Waals surface area (Å²) in [7, 11) is 4.19. The first kappa shape index (κ1) is 7.96. The molecule has 0 heterocycles. The number of rotatable bonds is 3. The average molecular weight is 114 g/mol. The van der Waals surface area contributed by atoms with E-state index in [1.807, 2.05) is 0 Å². The van der Waals surface area contributed by atoms with Crippen LogP contribution in [-0.2, 0) is 0 Å². The molecule has 1 radical (unpaired) electrons. The molecule has 0 aromatic rings. The second-order valence-electron chi connectivity index (χ2n) is 2.55. The van der Waals surface area contributed by atoms with Gasteiger partial charge in [0.1, 0.15) is 0 Å². The second-order valence-corrected chi connectivity index (χ2v) is 2.55. The lowest BCUT2D eigenvalue weighted by Gasteiger charge is -2.13. The minimum atomic E-state index is 1.14. The first-order valence-corrected chi connectivity index (χ1v) is 3.12. The van der Waals surface area contributed by atoms with Gasteiger partial charge in [-0.15, -0.1) is 0 Å². The largest absolute Gasteiger partial charge is 0.309 e. The molecule has 0 aliphatic heterocycles. The molecular formula is C7H16N. The Labute approximate surface area is 52.7 Å². The van der Waals surface area contributed by atoms with Crippen molar-refractivity contribution < 1.29 is 0 Å². The predicted octanol–water partition coefficient (Wildman–Crippen LogP) is 1.55. The van der Waals surface area contributed by atoms with Crippen LogP contribution in [0.25, 0.3) is 0 Å². The molecule has 0 N–H and O–H groups in total. The molecule has 0 spiro atoms. The van der Waals surface area contributed by atoms with Crippen molar-refractivity contribution in [2.75, 3.05) is 20.6 Å². The summed E-state index contributed by atoms with van der Waals surface area (Å²) in [5.74, 6) is 1.55. The van der Waals surface area contributed by atoms with Gasteiger partial charge in [0.05, 0.1) is 0 Å². The fourth-order valence-corrected chi connectivity index (χ4v) is 0.652. The highest BCUT2D eigenvalue weighted by molar-refractivity contribution is 4.83. The maximum absolute atomic E-state index is 2.19. The Morgan fingerprint density at radius 2 is 1.88 bits per heavy atom. The highest BCUT2D eigenvalue weighted by atomic mass is 15.0. The summed E-state index contributed by atoms with van der Waals surface area (Å²) in [6.07, 6.45) is 1.21. The van der Waals surface area contributed by atoms with Crippen LogP contribution >= 0.6 is 0 Å². The smallest absolute Gasteiger partial charge is 0.00348 e. The van der Waals surface area contributed by atoms with Crippen molar-refractivity contribution in [3.8, 4) is 0 Å². The van der Waals surface area contributed by atoms with E-state index in [4.69, 9.17) is 0 Å². The first-order valence-electron chi connectivity index (χ1n) is 3.12. The van der Waals surface area contributed by atoms with Crippen LogP contribution in [0.2, 0.25) is 0 Å². The summed E-state index contributed by atoms with van der Waals surface area (Å²) in [5.41, 5.74) is 0. The second kappa shape index (κ2) is 3.90. The van der Waals surface area contributed by atoms with Crippen LogP contribution in [0.5, 0.6) is 0 Å². The van der Waals surface area contributed by atoms with Gasteiger partial charge in [-0.05, 0) is 26.4 Å². The van der Waals surface area contributed by atoms with E-state index in [0.29, 0.717) is 0 Å². The third-order valence-electron chi connectivity index (χ3n) is 1.19. The molecule has 49 valence electrons. The van der Waals surface area contributed by atoms with Gasteiger partial charge in [-0.25, -0.2) is 0 Å². The van der Waals surface area contributed by atoms with E-state index < -0.39 is 0 Å². The Hall–Kier alpha value is -0.0400. The minimum Gasteiger partial charge on any atom is -0.309 e. The fourth-order valence-electron chi connectivity index (χ4n) is 0.652. The predicted molar refractivity (Wildman–Crippen MR) is 37.8 cm³/mol. The maximum atomic E-state index is 2.19. The number of nitrogens with zero attached hydrogens (tertiary/aromatic N) is 1. The van der Waals surface area contributed by atoms with E-state index >= 15 is 0 Å². The summed E-state index contributed by atoms with van der Waals surface area (Å²) < 4.78 is 0. The minimum absolute atomic E-state index is 1.14. The van der Waals surface area contributed by atoms with Crippen molar-refractivity contribution in [1.82, 2.24) is 4.90 Å². The van der Waals surface area contributed by atoms with Crippen molar-refractivity contribution in [3.63, 3.8) is 0 Å². The van der Waals surface area contributed by atoms with Crippen molar-refractivity contribution in [2.24, 2.45) is 0 Å². The maximum Gasteiger partial charge on any atom is 0.00348 e. The Morgan fingerprint density at radius 1 is 1.38 bits per heavy atom. The van der Waals surface area contributed by atoms with Gasteiger partial charge in [0, 0.05) is 6.54 Å². The van der Waals surface area contributed by atoms with E-state index in [-0.39, 0.29) is 0 Å². The van der Waals surface area contributed by atoms with Gasteiger partial charge in [0.15, 0.2) is 0 Å². The van der Waals surface area contributed by atoms with Gasteiger partial charge in [-0.1, -0.05) is 13.8 Å². The van der Waals surface area contributed by atoms with Crippen LogP contribution in [0.1, 0.15) is 20.3 Å². The topological polar surface area (TPSA) is 3.24 Å². The zero-order chi connectivity index (χ0) is 6.57. The monoisotopic (exact) mass is 114 g/mol. The van der Waals surface area contributed by atoms with E-state index in [1.54, 1.807) is 5.92 Å². The zero-order valence-corrected chi connectivity index (χ0v) is 6.36. The summed E-state index contributed by atoms with van der Waals surface area (Å²) in [6, 6.07) is 0. The van der Waals surface area contributed by atoms with Crippen molar-refractivity contribution in [2.45, 2.75) is 20.3 Å². The Morgan fingerprint density at radius 3 is 2.00 bits per heavy atom. The van der Waals surface area contributed by atoms with Crippen LogP contribution in [0.4, 0.5) is 0 Å². The van der Waals surface area contributed by atoms with Gasteiger partial charge in [0.2, 0.25) is 0 Å². The highest BCUT2D eigenvalue weighted by Gasteiger charge is 1.98. The first-order chi connectivity index (χ1) is 3.66. The summed E-state index contributed by atoms with van der Waals surface area (Å²) >= 11 is 0. The molecule has 1 nitrogen and oxygen atoms in total. The van der Waals surface area contributed by atoms with E-state index in [2.05, 4.69) is 32.8 Å². The lowest BCUT2D eigenvalue weighted by atomic mass is 10.1. The molecule has 0 aliphatic rings. The molecule has 0 saturated carbocycles. The number of hydrogen-bond acceptors (Lipinski definition) is 1. The van der Waals surface area contributed by atoms with Crippen LogP contribution in [0.3, 0.4) is 0 Å². The van der Waals surface area contributed by atoms with Crippen molar-refractivity contribution in [3.05, 3.63) is 5.92 Å². The summed E-state index contributed by atoms with van der Waals surface area (Å²) in [4.78, 5) is 2.19. The summed E-state index contributed by atoms with van der Waals surface area (Å²) in [6.45, 7) is 5.52. The van der Waals surface area contributed by atoms with Gasteiger partial charge >= 0.3 is 0 Å². The quantitative estimate of drug-likeness (QED) is 0.538. The molecule has 0 fully saturated rings. The Balaban J connectivity index is 3.10. The molecule has 0 aliphatic carbocycles. The summed E-state index contributed by atoms with van der Waals surface area (Å²) in [5, 5.41) is 0. The van der Waals surface area contributed by atoms with Gasteiger partial charge in [-0.3, -0.25) is 0 Å². The fraction of sp³-hybridized carbons (Fsp3) is 0.857. The highest BCUT2D eigenvalue weighted by Crippen LogP contribution is 2.02. The van der Waals surface area contributed by atoms with Gasteiger partial charge in [0.25, 0.3) is 0 Å². The zero-order valence-electron chi connectivity index (χ0n) is 6.36. The van der Waals surface area contributed by atoms with Gasteiger partial charge < -0.3 is 4.90 Å². The van der Waals surface area contributed by atoms with Crippen LogP contribution < -0.4 is 0 Å². The molecule has 0 aromatic carbocycles. The molecule has 0 saturated heterocycles. The van der Waals surface area contributed by atoms with Gasteiger partial charge in [-0.2, -0.15) is 0 Å². The molecule has 0 rings (SSSR count). The van der Waals surface area contributed by atoms with Crippen molar-refractivity contribution >= 4 is 0 Å². The van der Waals surface area contributed by atoms with Crippen LogP contribution in [0, 0.1) is 5.92 Å². The van der Waals surface area contributed by atoms with E-state index in [0.717, 1.165) is 6.54 Å². The Bertz CT molecular complexity index is 50.3. The standard InChI is InChI=1S/C7H16N/c1-5-7(2)6-8(3)4/h5-6H2,1-4H3. The van der Waals surface area contributed by atoms with E-state index in [9.17, 15) is 0 Å². The third kappa shape index (κ3) is 4.13. The lowest BCUT2D eigenvalue weighted by Crippen LogP contribution is -2.17. The van der Waals surface area contributed by atoms with Crippen molar-refractivity contribution in [1.29, 1.82) is 0 Å². The molecule has 0 amide bonds. The third-order valence-corrected chi connectivity index (χ3v) is 1.19. The van der Waals surface area contributed by atoms with Crippen LogP contribution in [0.15, 0.2) is 0 Å². The molecule has 8 heavy (non-hydrogen) atoms. The van der Waals surface area contributed by atoms with E-state index in [1.165, 1.54) is 6.42 Å². The average Bonchev–Trinajstić information content (AvgIpc) is 1.65. The van der Waals surface area contributed by atoms with Crippen LogP contribution in [-0.4, -0.2) is 25.5 Å². The lowest BCUT2D eigenvalue weighted by molar-refractivity contribution is 0.416. The Kier molecular flexibility index (Phi) is 3.88. The molecular weight excluding hydrogens is 98.1 g/mol. The normalized spacial score (nSPS) is 11.2. The molecule has 0 unspecified atom stereocenters. The number of hydrogen-bond donors (Lipinski definition) is 0. The molecule has 0 aromatic heterocycles. The molecule has 1 heteroatoms. The SMILES string of the molecule is CC[C](C)CN(C)C. The molecule has 0 atom stereocenters. The molecule has 0 bridgehead atoms.